The number of ketones is 1. The first kappa shape index (κ1) is 18.5. The third-order valence-corrected chi connectivity index (χ3v) is 4.11. The first-order valence-electron chi connectivity index (χ1n) is 8.20. The third kappa shape index (κ3) is 4.68. The first-order chi connectivity index (χ1) is 12.9. The minimum atomic E-state index is -0.314. The van der Waals surface area contributed by atoms with E-state index < -0.39 is 0 Å². The number of aromatic nitrogens is 2. The van der Waals surface area contributed by atoms with Gasteiger partial charge in [-0.15, -0.1) is 0 Å². The number of aryl methyl sites for hydroxylation is 1. The van der Waals surface area contributed by atoms with Gasteiger partial charge in [-0.3, -0.25) is 9.59 Å². The molecular formula is C20H17ClN4O2. The number of rotatable bonds is 5. The Morgan fingerprint density at radius 3 is 2.41 bits per heavy atom. The molecule has 3 aromatic rings. The Hall–Kier alpha value is -3.25. The minimum Gasteiger partial charge on any atom is -0.324 e. The summed E-state index contributed by atoms with van der Waals surface area (Å²) in [7, 11) is 0. The molecule has 0 atom stereocenters. The van der Waals surface area contributed by atoms with Crippen molar-refractivity contribution in [3.05, 3.63) is 76.6 Å². The fraction of sp³-hybridized carbons (Fsp3) is 0.100. The van der Waals surface area contributed by atoms with Gasteiger partial charge >= 0.3 is 0 Å². The number of hydrogen-bond donors (Lipinski definition) is 2. The smallest absolute Gasteiger partial charge is 0.258 e. The lowest BCUT2D eigenvalue weighted by molar-refractivity contribution is 0.101. The fourth-order valence-electron chi connectivity index (χ4n) is 2.42. The number of carbonyl (C=O) groups excluding carboxylic acids is 2. The van der Waals surface area contributed by atoms with E-state index in [4.69, 9.17) is 11.6 Å². The van der Waals surface area contributed by atoms with Gasteiger partial charge in [-0.25, -0.2) is 9.97 Å². The van der Waals surface area contributed by atoms with Crippen LogP contribution in [-0.4, -0.2) is 21.7 Å². The lowest BCUT2D eigenvalue weighted by Crippen LogP contribution is -2.13. The predicted molar refractivity (Wildman–Crippen MR) is 106 cm³/mol. The van der Waals surface area contributed by atoms with Gasteiger partial charge in [0, 0.05) is 34.4 Å². The van der Waals surface area contributed by atoms with Crippen molar-refractivity contribution < 1.29 is 9.59 Å². The predicted octanol–water partition coefficient (Wildman–Crippen LogP) is 4.64. The Balaban J connectivity index is 1.70. The number of benzene rings is 2. The molecule has 3 rings (SSSR count). The summed E-state index contributed by atoms with van der Waals surface area (Å²) in [6, 6.07) is 12.3. The highest BCUT2D eigenvalue weighted by Gasteiger charge is 2.10. The topological polar surface area (TPSA) is 84.0 Å². The Bertz CT molecular complexity index is 1000. The van der Waals surface area contributed by atoms with E-state index in [2.05, 4.69) is 20.6 Å². The molecule has 2 N–H and O–H groups in total. The van der Waals surface area contributed by atoms with Gasteiger partial charge in [0.15, 0.2) is 5.78 Å². The van der Waals surface area contributed by atoms with Crippen LogP contribution in [0.5, 0.6) is 0 Å². The van der Waals surface area contributed by atoms with Crippen LogP contribution in [0.25, 0.3) is 0 Å². The highest BCUT2D eigenvalue weighted by Crippen LogP contribution is 2.20. The maximum atomic E-state index is 12.4. The quantitative estimate of drug-likeness (QED) is 0.630. The molecule has 136 valence electrons. The van der Waals surface area contributed by atoms with Crippen molar-refractivity contribution in [1.82, 2.24) is 9.97 Å². The Labute approximate surface area is 161 Å². The van der Waals surface area contributed by atoms with E-state index in [9.17, 15) is 9.59 Å². The molecule has 0 radical (unpaired) electrons. The number of carbonyl (C=O) groups is 2. The zero-order chi connectivity index (χ0) is 19.4. The Kier molecular flexibility index (Phi) is 5.47. The second-order valence-corrected chi connectivity index (χ2v) is 6.41. The van der Waals surface area contributed by atoms with Gasteiger partial charge in [-0.2, -0.15) is 0 Å². The summed E-state index contributed by atoms with van der Waals surface area (Å²) >= 11 is 5.92. The number of amides is 1. The molecule has 0 unspecified atom stereocenters. The van der Waals surface area contributed by atoms with Gasteiger partial charge in [0.1, 0.15) is 0 Å². The van der Waals surface area contributed by atoms with Crippen molar-refractivity contribution in [3.8, 4) is 0 Å². The summed E-state index contributed by atoms with van der Waals surface area (Å²) in [5.41, 5.74) is 3.14. The molecule has 1 amide bonds. The standard InChI is InChI=1S/C20H17ClN4O2/c1-12-8-16(21)6-7-18(12)25-19(27)15-10-22-20(23-11-15)24-17-5-3-4-14(9-17)13(2)26/h3-11H,1-2H3,(H,25,27)(H,22,23,24). The number of Topliss-reactive ketones (excluding diaryl/α,β-unsaturated/α-hetero) is 1. The molecule has 0 fully saturated rings. The Morgan fingerprint density at radius 2 is 1.74 bits per heavy atom. The second-order valence-electron chi connectivity index (χ2n) is 5.97. The van der Waals surface area contributed by atoms with Crippen molar-refractivity contribution >= 4 is 40.6 Å². The van der Waals surface area contributed by atoms with Crippen LogP contribution in [0.3, 0.4) is 0 Å². The van der Waals surface area contributed by atoms with Gasteiger partial charge in [0.05, 0.1) is 5.56 Å². The minimum absolute atomic E-state index is 0.0240. The molecule has 0 saturated carbocycles. The number of anilines is 3. The largest absolute Gasteiger partial charge is 0.324 e. The molecule has 27 heavy (non-hydrogen) atoms. The molecule has 7 heteroatoms. The van der Waals surface area contributed by atoms with E-state index >= 15 is 0 Å². The van der Waals surface area contributed by atoms with Crippen LogP contribution in [0.2, 0.25) is 5.02 Å². The van der Waals surface area contributed by atoms with Crippen LogP contribution < -0.4 is 10.6 Å². The summed E-state index contributed by atoms with van der Waals surface area (Å²) in [5, 5.41) is 6.43. The number of hydrogen-bond acceptors (Lipinski definition) is 5. The maximum absolute atomic E-state index is 12.4. The molecule has 6 nitrogen and oxygen atoms in total. The van der Waals surface area contributed by atoms with Crippen LogP contribution in [-0.2, 0) is 0 Å². The van der Waals surface area contributed by atoms with Gasteiger partial charge in [0.25, 0.3) is 5.91 Å². The SMILES string of the molecule is CC(=O)c1cccc(Nc2ncc(C(=O)Nc3ccc(Cl)cc3C)cn2)c1. The number of halogens is 1. The van der Waals surface area contributed by atoms with E-state index in [0.29, 0.717) is 33.5 Å². The zero-order valence-corrected chi connectivity index (χ0v) is 15.5. The number of nitrogens with one attached hydrogen (secondary N) is 2. The monoisotopic (exact) mass is 380 g/mol. The molecule has 0 aliphatic carbocycles. The third-order valence-electron chi connectivity index (χ3n) is 3.88. The molecule has 0 bridgehead atoms. The van der Waals surface area contributed by atoms with Crippen molar-refractivity contribution in [1.29, 1.82) is 0 Å². The van der Waals surface area contributed by atoms with Crippen molar-refractivity contribution in [3.63, 3.8) is 0 Å². The maximum Gasteiger partial charge on any atom is 0.258 e. The average Bonchev–Trinajstić information content (AvgIpc) is 2.65. The summed E-state index contributed by atoms with van der Waals surface area (Å²) < 4.78 is 0. The van der Waals surface area contributed by atoms with Crippen LogP contribution in [0.4, 0.5) is 17.3 Å². The van der Waals surface area contributed by atoms with Crippen LogP contribution in [0.15, 0.2) is 54.9 Å². The highest BCUT2D eigenvalue weighted by molar-refractivity contribution is 6.30. The molecule has 2 aromatic carbocycles. The molecular weight excluding hydrogens is 364 g/mol. The molecule has 0 spiro atoms. The van der Waals surface area contributed by atoms with E-state index in [-0.39, 0.29) is 11.7 Å². The normalized spacial score (nSPS) is 10.3. The van der Waals surface area contributed by atoms with Crippen LogP contribution >= 0.6 is 11.6 Å². The van der Waals surface area contributed by atoms with Gasteiger partial charge in [0.2, 0.25) is 5.95 Å². The molecule has 1 aromatic heterocycles. The lowest BCUT2D eigenvalue weighted by atomic mass is 10.1. The van der Waals surface area contributed by atoms with Crippen LogP contribution in [0.1, 0.15) is 33.2 Å². The highest BCUT2D eigenvalue weighted by atomic mass is 35.5. The molecule has 0 aliphatic rings. The second kappa shape index (κ2) is 7.97. The summed E-state index contributed by atoms with van der Waals surface area (Å²) in [5.74, 6) is -0.00967. The fourth-order valence-corrected chi connectivity index (χ4v) is 2.64. The van der Waals surface area contributed by atoms with Crippen molar-refractivity contribution in [2.75, 3.05) is 10.6 Å². The number of nitrogens with zero attached hydrogens (tertiary/aromatic N) is 2. The summed E-state index contributed by atoms with van der Waals surface area (Å²) in [6.07, 6.45) is 2.87. The van der Waals surface area contributed by atoms with E-state index in [1.807, 2.05) is 6.92 Å². The molecule has 0 aliphatic heterocycles. The van der Waals surface area contributed by atoms with Crippen molar-refractivity contribution in [2.24, 2.45) is 0 Å². The first-order valence-corrected chi connectivity index (χ1v) is 8.58. The van der Waals surface area contributed by atoms with E-state index in [1.54, 1.807) is 42.5 Å². The van der Waals surface area contributed by atoms with Crippen LogP contribution in [0, 0.1) is 6.92 Å². The van der Waals surface area contributed by atoms with Gasteiger partial charge in [-0.05, 0) is 49.7 Å². The zero-order valence-electron chi connectivity index (χ0n) is 14.8. The molecule has 1 heterocycles. The Morgan fingerprint density at radius 1 is 1.00 bits per heavy atom. The lowest BCUT2D eigenvalue weighted by Gasteiger charge is -2.09. The van der Waals surface area contributed by atoms with Gasteiger partial charge in [-0.1, -0.05) is 23.7 Å². The van der Waals surface area contributed by atoms with Gasteiger partial charge < -0.3 is 10.6 Å². The average molecular weight is 381 g/mol. The van der Waals surface area contributed by atoms with Crippen molar-refractivity contribution in [2.45, 2.75) is 13.8 Å². The summed E-state index contributed by atoms with van der Waals surface area (Å²) in [4.78, 5) is 32.1. The van der Waals surface area contributed by atoms with E-state index in [1.165, 1.54) is 19.3 Å². The molecule has 0 saturated heterocycles. The summed E-state index contributed by atoms with van der Waals surface area (Å²) in [6.45, 7) is 3.37. The van der Waals surface area contributed by atoms with E-state index in [0.717, 1.165) is 5.56 Å².